The average Bonchev–Trinajstić information content (AvgIpc) is 1.69. The number of amides is 1. The molecular formula is C3H8ClNO2. The largest absolute Gasteiger partial charge is 0.395 e. The van der Waals surface area contributed by atoms with Crippen molar-refractivity contribution in [2.24, 2.45) is 5.73 Å². The van der Waals surface area contributed by atoms with Crippen molar-refractivity contribution < 1.29 is 9.90 Å². The lowest BCUT2D eigenvalue weighted by molar-refractivity contribution is -0.106. The Morgan fingerprint density at radius 2 is 2.00 bits per heavy atom. The van der Waals surface area contributed by atoms with Crippen LogP contribution in [0.25, 0.3) is 0 Å². The molecule has 0 rings (SSSR count). The van der Waals surface area contributed by atoms with Crippen molar-refractivity contribution in [3.05, 3.63) is 0 Å². The quantitative estimate of drug-likeness (QED) is 0.360. The van der Waals surface area contributed by atoms with Crippen LogP contribution in [-0.2, 0) is 4.79 Å². The molecule has 0 aromatic carbocycles. The number of primary amides is 1. The Balaban J connectivity index is 0. The highest BCUT2D eigenvalue weighted by atomic mass is 35.5. The molecule has 3 N–H and O–H groups in total. The third kappa shape index (κ3) is 153. The van der Waals surface area contributed by atoms with Crippen LogP contribution < -0.4 is 5.73 Å². The Morgan fingerprint density at radius 3 is 2.00 bits per heavy atom. The summed E-state index contributed by atoms with van der Waals surface area (Å²) in [6.07, 6.45) is 0.250. The molecule has 0 radical (unpaired) electrons. The first kappa shape index (κ1) is 9.87. The van der Waals surface area contributed by atoms with Crippen LogP contribution in [0.3, 0.4) is 0 Å². The fraction of sp³-hybridized carbons (Fsp3) is 0.667. The number of hydrogen-bond donors (Lipinski definition) is 2. The molecule has 0 aromatic heterocycles. The molecule has 1 amide bonds. The van der Waals surface area contributed by atoms with E-state index in [1.165, 1.54) is 0 Å². The molecule has 0 saturated heterocycles. The van der Waals surface area contributed by atoms with Gasteiger partial charge in [0.25, 0.3) is 0 Å². The number of aliphatic hydroxyl groups is 1. The van der Waals surface area contributed by atoms with Crippen LogP contribution in [0.15, 0.2) is 0 Å². The zero-order valence-corrected chi connectivity index (χ0v) is 4.56. The molecule has 0 bridgehead atoms. The lowest BCUT2D eigenvalue weighted by Crippen LogP contribution is -1.82. The van der Waals surface area contributed by atoms with E-state index in [0.29, 0.717) is 5.88 Å². The van der Waals surface area contributed by atoms with Gasteiger partial charge in [0.1, 0.15) is 0 Å². The van der Waals surface area contributed by atoms with Crippen molar-refractivity contribution >= 4 is 18.0 Å². The van der Waals surface area contributed by atoms with E-state index in [1.54, 1.807) is 0 Å². The Morgan fingerprint density at radius 1 is 1.86 bits per heavy atom. The summed E-state index contributed by atoms with van der Waals surface area (Å²) in [6.45, 7) is 0.0849. The normalized spacial score (nSPS) is 6.00. The molecular weight excluding hydrogens is 117 g/mol. The maximum atomic E-state index is 8.58. The minimum absolute atomic E-state index is 0.0849. The number of hydrogen-bond acceptors (Lipinski definition) is 2. The molecule has 0 aliphatic rings. The molecule has 4 heteroatoms. The summed E-state index contributed by atoms with van der Waals surface area (Å²) in [6, 6.07) is 0. The third-order valence-corrected chi connectivity index (χ3v) is 0.254. The predicted molar refractivity (Wildman–Crippen MR) is 28.1 cm³/mol. The van der Waals surface area contributed by atoms with Crippen LogP contribution >= 0.6 is 11.6 Å². The van der Waals surface area contributed by atoms with Crippen LogP contribution in [0.2, 0.25) is 0 Å². The van der Waals surface area contributed by atoms with Gasteiger partial charge in [0.05, 0.1) is 6.61 Å². The zero-order chi connectivity index (χ0) is 6.12. The Bertz CT molecular complexity index is 32.1. The summed E-state index contributed by atoms with van der Waals surface area (Å²) in [5.74, 6) is 0.347. The number of carbonyl (C=O) groups is 1. The molecule has 7 heavy (non-hydrogen) atoms. The zero-order valence-electron chi connectivity index (χ0n) is 3.80. The van der Waals surface area contributed by atoms with Gasteiger partial charge >= 0.3 is 0 Å². The van der Waals surface area contributed by atoms with E-state index in [-0.39, 0.29) is 13.0 Å². The Hall–Kier alpha value is -0.280. The van der Waals surface area contributed by atoms with Gasteiger partial charge in [-0.25, -0.2) is 0 Å². The smallest absolute Gasteiger partial charge is 0.204 e. The lowest BCUT2D eigenvalue weighted by Gasteiger charge is -1.67. The fourth-order valence-corrected chi connectivity index (χ4v) is 0. The average molecular weight is 126 g/mol. The van der Waals surface area contributed by atoms with Crippen LogP contribution in [0.4, 0.5) is 0 Å². The molecule has 0 atom stereocenters. The summed E-state index contributed by atoms with van der Waals surface area (Å²) in [5, 5.41) is 7.74. The first-order valence-electron chi connectivity index (χ1n) is 1.65. The molecule has 0 aromatic rings. The molecule has 44 valence electrons. The lowest BCUT2D eigenvalue weighted by atomic mass is 10.9. The first-order chi connectivity index (χ1) is 3.33. The standard InChI is InChI=1S/C2H5ClO.CH3NO/c3-1-2-4;2-1-3/h4H,1-2H2;1H,(H2,2,3). The van der Waals surface area contributed by atoms with Crippen LogP contribution in [-0.4, -0.2) is 24.0 Å². The Labute approximate surface area is 47.1 Å². The monoisotopic (exact) mass is 125 g/mol. The topological polar surface area (TPSA) is 63.3 Å². The van der Waals surface area contributed by atoms with Gasteiger partial charge in [0, 0.05) is 5.88 Å². The molecule has 0 spiro atoms. The van der Waals surface area contributed by atoms with Gasteiger partial charge in [0.15, 0.2) is 0 Å². The van der Waals surface area contributed by atoms with Crippen LogP contribution in [0.1, 0.15) is 0 Å². The Kier molecular flexibility index (Phi) is 24.3. The van der Waals surface area contributed by atoms with Crippen molar-refractivity contribution in [3.63, 3.8) is 0 Å². The maximum absolute atomic E-state index is 8.58. The van der Waals surface area contributed by atoms with Crippen molar-refractivity contribution in [3.8, 4) is 0 Å². The SMILES string of the molecule is NC=O.OCCCl. The van der Waals surface area contributed by atoms with Gasteiger partial charge in [-0.1, -0.05) is 0 Å². The number of halogens is 1. The number of carbonyl (C=O) groups excluding carboxylic acids is 1. The second kappa shape index (κ2) is 17.2. The summed E-state index contributed by atoms with van der Waals surface area (Å²) in [7, 11) is 0. The minimum atomic E-state index is 0.0849. The highest BCUT2D eigenvalue weighted by Crippen LogP contribution is 1.63. The van der Waals surface area contributed by atoms with Crippen LogP contribution in [0.5, 0.6) is 0 Å². The molecule has 0 aliphatic heterocycles. The number of rotatable bonds is 1. The molecule has 0 heterocycles. The van der Waals surface area contributed by atoms with Gasteiger partial charge < -0.3 is 10.8 Å². The molecule has 0 unspecified atom stereocenters. The highest BCUT2D eigenvalue weighted by Gasteiger charge is 1.60. The summed E-state index contributed by atoms with van der Waals surface area (Å²) >= 11 is 4.94. The van der Waals surface area contributed by atoms with E-state index in [1.807, 2.05) is 0 Å². The number of alkyl halides is 1. The van der Waals surface area contributed by atoms with E-state index in [2.05, 4.69) is 5.73 Å². The maximum Gasteiger partial charge on any atom is 0.204 e. The predicted octanol–water partition coefficient (Wildman–Crippen LogP) is -0.681. The molecule has 0 fully saturated rings. The molecule has 3 nitrogen and oxygen atoms in total. The van der Waals surface area contributed by atoms with Crippen molar-refractivity contribution in [1.82, 2.24) is 0 Å². The van der Waals surface area contributed by atoms with Gasteiger partial charge in [-0.3, -0.25) is 4.79 Å². The summed E-state index contributed by atoms with van der Waals surface area (Å²) in [4.78, 5) is 8.58. The van der Waals surface area contributed by atoms with E-state index in [9.17, 15) is 0 Å². The van der Waals surface area contributed by atoms with Gasteiger partial charge in [-0.2, -0.15) is 0 Å². The third-order valence-electron chi connectivity index (χ3n) is 0.0845. The summed E-state index contributed by atoms with van der Waals surface area (Å²) < 4.78 is 0. The van der Waals surface area contributed by atoms with Gasteiger partial charge in [-0.15, -0.1) is 11.6 Å². The fourth-order valence-electron chi connectivity index (χ4n) is 0. The van der Waals surface area contributed by atoms with Gasteiger partial charge in [0.2, 0.25) is 6.41 Å². The van der Waals surface area contributed by atoms with Gasteiger partial charge in [-0.05, 0) is 0 Å². The molecule has 0 saturated carbocycles. The van der Waals surface area contributed by atoms with E-state index in [4.69, 9.17) is 21.5 Å². The van der Waals surface area contributed by atoms with Crippen LogP contribution in [0, 0.1) is 0 Å². The highest BCUT2D eigenvalue weighted by molar-refractivity contribution is 6.17. The van der Waals surface area contributed by atoms with Crippen molar-refractivity contribution in [1.29, 1.82) is 0 Å². The minimum Gasteiger partial charge on any atom is -0.395 e. The number of nitrogens with two attached hydrogens (primary N) is 1. The van der Waals surface area contributed by atoms with E-state index in [0.717, 1.165) is 0 Å². The van der Waals surface area contributed by atoms with E-state index < -0.39 is 0 Å². The van der Waals surface area contributed by atoms with Crippen molar-refractivity contribution in [2.75, 3.05) is 12.5 Å². The second-order valence-electron chi connectivity index (χ2n) is 0.549. The summed E-state index contributed by atoms with van der Waals surface area (Å²) in [5.41, 5.74) is 4.17. The first-order valence-corrected chi connectivity index (χ1v) is 2.19. The molecule has 0 aliphatic carbocycles. The van der Waals surface area contributed by atoms with E-state index >= 15 is 0 Å². The number of aliphatic hydroxyl groups excluding tert-OH is 1. The van der Waals surface area contributed by atoms with Crippen molar-refractivity contribution in [2.45, 2.75) is 0 Å². The second-order valence-corrected chi connectivity index (χ2v) is 0.927.